The summed E-state index contributed by atoms with van der Waals surface area (Å²) in [7, 11) is 0. The lowest BCUT2D eigenvalue weighted by molar-refractivity contribution is -0.117. The first kappa shape index (κ1) is 19.5. The van der Waals surface area contributed by atoms with E-state index in [0.717, 1.165) is 30.5 Å². The number of amides is 1. The SMILES string of the molecule is Cc1ccc(NC2CCCc3cc(NC(=O)CC(C)(C)C)c(C)cc32)cc1. The fourth-order valence-corrected chi connectivity index (χ4v) is 3.78. The summed E-state index contributed by atoms with van der Waals surface area (Å²) in [5, 5.41) is 6.82. The molecule has 3 rings (SSSR count). The third-order valence-corrected chi connectivity index (χ3v) is 5.16. The molecule has 0 saturated heterocycles. The van der Waals surface area contributed by atoms with Crippen LogP contribution in [0.4, 0.5) is 11.4 Å². The minimum absolute atomic E-state index is 0.00471. The zero-order valence-corrected chi connectivity index (χ0v) is 17.3. The van der Waals surface area contributed by atoms with Crippen LogP contribution >= 0.6 is 0 Å². The number of aryl methyl sites for hydroxylation is 3. The van der Waals surface area contributed by atoms with Gasteiger partial charge in [0.15, 0.2) is 0 Å². The van der Waals surface area contributed by atoms with Crippen LogP contribution in [0, 0.1) is 19.3 Å². The molecule has 3 heteroatoms. The summed E-state index contributed by atoms with van der Waals surface area (Å²) >= 11 is 0. The van der Waals surface area contributed by atoms with Crippen LogP contribution in [0.5, 0.6) is 0 Å². The standard InChI is InChI=1S/C24H32N2O/c1-16-9-11-19(12-10-16)25-21-8-6-7-18-14-22(17(2)13-20(18)21)26-23(27)15-24(3,4)5/h9-14,21,25H,6-8,15H2,1-5H3,(H,26,27). The van der Waals surface area contributed by atoms with E-state index < -0.39 is 0 Å². The molecule has 1 aliphatic carbocycles. The van der Waals surface area contributed by atoms with Gasteiger partial charge in [0.05, 0.1) is 6.04 Å². The number of hydrogen-bond acceptors (Lipinski definition) is 2. The quantitative estimate of drug-likeness (QED) is 0.681. The van der Waals surface area contributed by atoms with E-state index in [1.54, 1.807) is 0 Å². The first-order chi connectivity index (χ1) is 12.7. The molecule has 1 atom stereocenters. The van der Waals surface area contributed by atoms with Crippen LogP contribution in [0.1, 0.15) is 68.3 Å². The Morgan fingerprint density at radius 3 is 2.48 bits per heavy atom. The van der Waals surface area contributed by atoms with Crippen molar-refractivity contribution in [3.63, 3.8) is 0 Å². The van der Waals surface area contributed by atoms with Gasteiger partial charge in [0.1, 0.15) is 0 Å². The molecule has 0 bridgehead atoms. The molecule has 2 aromatic carbocycles. The number of hydrogen-bond donors (Lipinski definition) is 2. The largest absolute Gasteiger partial charge is 0.378 e. The maximum atomic E-state index is 12.4. The highest BCUT2D eigenvalue weighted by atomic mass is 16.1. The lowest BCUT2D eigenvalue weighted by Crippen LogP contribution is -2.21. The van der Waals surface area contributed by atoms with Crippen molar-refractivity contribution in [1.82, 2.24) is 0 Å². The second-order valence-electron chi connectivity index (χ2n) is 9.11. The Morgan fingerprint density at radius 2 is 1.81 bits per heavy atom. The molecule has 0 fully saturated rings. The topological polar surface area (TPSA) is 41.1 Å². The van der Waals surface area contributed by atoms with Crippen molar-refractivity contribution >= 4 is 17.3 Å². The van der Waals surface area contributed by atoms with Gasteiger partial charge in [-0.25, -0.2) is 0 Å². The van der Waals surface area contributed by atoms with Gasteiger partial charge in [-0.1, -0.05) is 44.5 Å². The molecule has 0 spiro atoms. The van der Waals surface area contributed by atoms with E-state index >= 15 is 0 Å². The first-order valence-corrected chi connectivity index (χ1v) is 9.98. The van der Waals surface area contributed by atoms with Gasteiger partial charge in [-0.2, -0.15) is 0 Å². The van der Waals surface area contributed by atoms with Gasteiger partial charge in [-0.15, -0.1) is 0 Å². The molecule has 1 unspecified atom stereocenters. The van der Waals surface area contributed by atoms with E-state index in [1.807, 2.05) is 0 Å². The summed E-state index contributed by atoms with van der Waals surface area (Å²) in [5.74, 6) is 0.0932. The van der Waals surface area contributed by atoms with Gasteiger partial charge < -0.3 is 10.6 Å². The molecular weight excluding hydrogens is 332 g/mol. The van der Waals surface area contributed by atoms with Crippen molar-refractivity contribution in [1.29, 1.82) is 0 Å². The third-order valence-electron chi connectivity index (χ3n) is 5.16. The highest BCUT2D eigenvalue weighted by Gasteiger charge is 2.22. The molecule has 144 valence electrons. The van der Waals surface area contributed by atoms with E-state index in [9.17, 15) is 4.79 Å². The maximum absolute atomic E-state index is 12.4. The fourth-order valence-electron chi connectivity index (χ4n) is 3.78. The summed E-state index contributed by atoms with van der Waals surface area (Å²) < 4.78 is 0. The Labute approximate surface area is 163 Å². The Hall–Kier alpha value is -2.29. The summed E-state index contributed by atoms with van der Waals surface area (Å²) in [4.78, 5) is 12.4. The summed E-state index contributed by atoms with van der Waals surface area (Å²) in [6.45, 7) is 10.5. The molecule has 0 aliphatic heterocycles. The average Bonchev–Trinajstić information content (AvgIpc) is 2.56. The summed E-state index contributed by atoms with van der Waals surface area (Å²) in [5.41, 5.74) is 7.24. The number of carbonyl (C=O) groups excluding carboxylic acids is 1. The van der Waals surface area contributed by atoms with Crippen molar-refractivity contribution in [2.24, 2.45) is 5.41 Å². The molecule has 27 heavy (non-hydrogen) atoms. The molecule has 2 aromatic rings. The lowest BCUT2D eigenvalue weighted by atomic mass is 9.85. The van der Waals surface area contributed by atoms with Crippen LogP contribution < -0.4 is 10.6 Å². The highest BCUT2D eigenvalue weighted by Crippen LogP contribution is 2.36. The minimum atomic E-state index is -0.00471. The second-order valence-corrected chi connectivity index (χ2v) is 9.11. The van der Waals surface area contributed by atoms with Gasteiger partial charge in [0.25, 0.3) is 0 Å². The predicted octanol–water partition coefficient (Wildman–Crippen LogP) is 6.17. The monoisotopic (exact) mass is 364 g/mol. The zero-order valence-electron chi connectivity index (χ0n) is 17.3. The maximum Gasteiger partial charge on any atom is 0.224 e. The van der Waals surface area contributed by atoms with E-state index in [2.05, 4.69) is 81.7 Å². The molecule has 0 aromatic heterocycles. The minimum Gasteiger partial charge on any atom is -0.378 e. The van der Waals surface area contributed by atoms with Crippen LogP contribution in [-0.2, 0) is 11.2 Å². The molecule has 1 aliphatic rings. The predicted molar refractivity (Wildman–Crippen MR) is 114 cm³/mol. The van der Waals surface area contributed by atoms with Crippen LogP contribution in [0.25, 0.3) is 0 Å². The molecule has 2 N–H and O–H groups in total. The molecule has 1 amide bonds. The number of benzene rings is 2. The molecule has 3 nitrogen and oxygen atoms in total. The Balaban J connectivity index is 1.79. The van der Waals surface area contributed by atoms with Gasteiger partial charge >= 0.3 is 0 Å². The Morgan fingerprint density at radius 1 is 1.11 bits per heavy atom. The van der Waals surface area contributed by atoms with Crippen molar-refractivity contribution < 1.29 is 4.79 Å². The number of nitrogens with one attached hydrogen (secondary N) is 2. The molecular formula is C24H32N2O. The van der Waals surface area contributed by atoms with Crippen LogP contribution in [0.2, 0.25) is 0 Å². The fraction of sp³-hybridized carbons (Fsp3) is 0.458. The van der Waals surface area contributed by atoms with Crippen LogP contribution in [0.15, 0.2) is 36.4 Å². The van der Waals surface area contributed by atoms with E-state index in [0.29, 0.717) is 12.5 Å². The van der Waals surface area contributed by atoms with Crippen molar-refractivity contribution in [3.05, 3.63) is 58.7 Å². The Kier molecular flexibility index (Phi) is 5.59. The van der Waals surface area contributed by atoms with Crippen molar-refractivity contribution in [2.45, 2.75) is 66.3 Å². The van der Waals surface area contributed by atoms with Gasteiger partial charge in [0.2, 0.25) is 5.91 Å². The van der Waals surface area contributed by atoms with E-state index in [-0.39, 0.29) is 11.3 Å². The van der Waals surface area contributed by atoms with Gasteiger partial charge in [-0.3, -0.25) is 4.79 Å². The average molecular weight is 365 g/mol. The van der Waals surface area contributed by atoms with Crippen LogP contribution in [0.3, 0.4) is 0 Å². The second kappa shape index (κ2) is 7.75. The number of anilines is 2. The van der Waals surface area contributed by atoms with Crippen molar-refractivity contribution in [2.75, 3.05) is 10.6 Å². The molecule has 0 radical (unpaired) electrons. The smallest absolute Gasteiger partial charge is 0.224 e. The Bertz CT molecular complexity index is 816. The zero-order chi connectivity index (χ0) is 19.6. The summed E-state index contributed by atoms with van der Waals surface area (Å²) in [6.07, 6.45) is 3.90. The molecule has 0 saturated carbocycles. The van der Waals surface area contributed by atoms with E-state index in [4.69, 9.17) is 0 Å². The van der Waals surface area contributed by atoms with Gasteiger partial charge in [-0.05, 0) is 73.4 Å². The van der Waals surface area contributed by atoms with Gasteiger partial charge in [0, 0.05) is 17.8 Å². The third kappa shape index (κ3) is 5.12. The van der Waals surface area contributed by atoms with E-state index in [1.165, 1.54) is 22.4 Å². The lowest BCUT2D eigenvalue weighted by Gasteiger charge is -2.29. The number of fused-ring (bicyclic) bond motifs is 1. The molecule has 0 heterocycles. The normalized spacial score (nSPS) is 16.6. The number of rotatable bonds is 4. The highest BCUT2D eigenvalue weighted by molar-refractivity contribution is 5.92. The van der Waals surface area contributed by atoms with Crippen molar-refractivity contribution in [3.8, 4) is 0 Å². The first-order valence-electron chi connectivity index (χ1n) is 9.98. The van der Waals surface area contributed by atoms with Crippen LogP contribution in [-0.4, -0.2) is 5.91 Å². The number of carbonyl (C=O) groups is 1. The summed E-state index contributed by atoms with van der Waals surface area (Å²) in [6, 6.07) is 13.4.